The van der Waals surface area contributed by atoms with Crippen molar-refractivity contribution in [1.82, 2.24) is 5.43 Å². The van der Waals surface area contributed by atoms with Crippen LogP contribution in [0.4, 0.5) is 5.69 Å². The van der Waals surface area contributed by atoms with Crippen molar-refractivity contribution in [3.63, 3.8) is 0 Å². The summed E-state index contributed by atoms with van der Waals surface area (Å²) in [6.07, 6.45) is 3.75. The highest BCUT2D eigenvalue weighted by Gasteiger charge is 2.18. The molecular formula is C19H20BrN3O2. The zero-order valence-corrected chi connectivity index (χ0v) is 15.6. The fourth-order valence-corrected chi connectivity index (χ4v) is 3.48. The lowest BCUT2D eigenvalue weighted by molar-refractivity contribution is -0.119. The van der Waals surface area contributed by atoms with E-state index in [1.807, 2.05) is 30.3 Å². The first-order chi connectivity index (χ1) is 12.2. The Morgan fingerprint density at radius 1 is 1.36 bits per heavy atom. The van der Waals surface area contributed by atoms with Gasteiger partial charge in [0, 0.05) is 12.2 Å². The smallest absolute Gasteiger partial charge is 0.259 e. The first-order valence-electron chi connectivity index (χ1n) is 8.15. The average Bonchev–Trinajstić information content (AvgIpc) is 2.62. The van der Waals surface area contributed by atoms with Crippen molar-refractivity contribution in [2.75, 3.05) is 25.1 Å². The van der Waals surface area contributed by atoms with E-state index < -0.39 is 0 Å². The van der Waals surface area contributed by atoms with Crippen LogP contribution in [0.25, 0.3) is 0 Å². The number of rotatable bonds is 5. The van der Waals surface area contributed by atoms with Crippen molar-refractivity contribution in [3.8, 4) is 5.75 Å². The summed E-state index contributed by atoms with van der Waals surface area (Å²) in [4.78, 5) is 14.3. The molecular weight excluding hydrogens is 382 g/mol. The fourth-order valence-electron chi connectivity index (χ4n) is 2.93. The van der Waals surface area contributed by atoms with Gasteiger partial charge in [-0.3, -0.25) is 4.79 Å². The summed E-state index contributed by atoms with van der Waals surface area (Å²) in [5.41, 5.74) is 5.92. The van der Waals surface area contributed by atoms with E-state index in [1.54, 1.807) is 13.3 Å². The Labute approximate surface area is 155 Å². The molecule has 0 bridgehead atoms. The Bertz CT molecular complexity index is 792. The Kier molecular flexibility index (Phi) is 5.71. The molecule has 1 aliphatic rings. The van der Waals surface area contributed by atoms with Crippen molar-refractivity contribution in [2.45, 2.75) is 12.8 Å². The van der Waals surface area contributed by atoms with Gasteiger partial charge in [-0.2, -0.15) is 5.10 Å². The van der Waals surface area contributed by atoms with Gasteiger partial charge in [-0.25, -0.2) is 5.43 Å². The van der Waals surface area contributed by atoms with Crippen LogP contribution in [-0.4, -0.2) is 32.3 Å². The molecule has 0 radical (unpaired) electrons. The molecule has 1 aliphatic heterocycles. The number of hydrogen-bond donors (Lipinski definition) is 1. The SMILES string of the molecule is COc1ccc(/C=N\NC(=O)CN2CCCc3ccccc32)cc1Br. The number of methoxy groups -OCH3 is 1. The first-order valence-corrected chi connectivity index (χ1v) is 8.95. The van der Waals surface area contributed by atoms with E-state index in [-0.39, 0.29) is 5.91 Å². The van der Waals surface area contributed by atoms with Crippen LogP contribution in [0, 0.1) is 0 Å². The maximum Gasteiger partial charge on any atom is 0.259 e. The van der Waals surface area contributed by atoms with E-state index in [0.717, 1.165) is 40.9 Å². The summed E-state index contributed by atoms with van der Waals surface area (Å²) < 4.78 is 6.03. The number of carbonyl (C=O) groups is 1. The zero-order valence-electron chi connectivity index (χ0n) is 14.0. The van der Waals surface area contributed by atoms with Crippen LogP contribution in [0.15, 0.2) is 52.0 Å². The average molecular weight is 402 g/mol. The number of hydrazone groups is 1. The number of hydrogen-bond acceptors (Lipinski definition) is 4. The minimum absolute atomic E-state index is 0.125. The summed E-state index contributed by atoms with van der Waals surface area (Å²) in [5, 5.41) is 4.05. The number of anilines is 1. The molecule has 2 aromatic carbocycles. The highest BCUT2D eigenvalue weighted by Crippen LogP contribution is 2.26. The van der Waals surface area contributed by atoms with Crippen LogP contribution in [-0.2, 0) is 11.2 Å². The number of carbonyl (C=O) groups excluding carboxylic acids is 1. The molecule has 1 heterocycles. The highest BCUT2D eigenvalue weighted by molar-refractivity contribution is 9.10. The quantitative estimate of drug-likeness (QED) is 0.617. The Balaban J connectivity index is 1.58. The zero-order chi connectivity index (χ0) is 17.6. The molecule has 1 amide bonds. The third-order valence-electron chi connectivity index (χ3n) is 4.12. The molecule has 0 unspecified atom stereocenters. The minimum atomic E-state index is -0.125. The molecule has 6 heteroatoms. The van der Waals surface area contributed by atoms with Crippen molar-refractivity contribution >= 4 is 33.7 Å². The molecule has 0 atom stereocenters. The number of nitrogens with zero attached hydrogens (tertiary/aromatic N) is 2. The molecule has 0 aromatic heterocycles. The molecule has 3 rings (SSSR count). The van der Waals surface area contributed by atoms with E-state index in [4.69, 9.17) is 4.74 Å². The van der Waals surface area contributed by atoms with Gasteiger partial charge in [-0.1, -0.05) is 18.2 Å². The molecule has 0 fully saturated rings. The van der Waals surface area contributed by atoms with Crippen LogP contribution >= 0.6 is 15.9 Å². The summed E-state index contributed by atoms with van der Waals surface area (Å²) in [5.74, 6) is 0.630. The third kappa shape index (κ3) is 4.39. The maximum atomic E-state index is 12.2. The summed E-state index contributed by atoms with van der Waals surface area (Å²) in [6.45, 7) is 1.19. The summed E-state index contributed by atoms with van der Waals surface area (Å²) in [7, 11) is 1.62. The number of para-hydroxylation sites is 1. The molecule has 25 heavy (non-hydrogen) atoms. The maximum absolute atomic E-state index is 12.2. The topological polar surface area (TPSA) is 53.9 Å². The molecule has 0 saturated carbocycles. The number of fused-ring (bicyclic) bond motifs is 1. The van der Waals surface area contributed by atoms with Gasteiger partial charge in [-0.05, 0) is 64.2 Å². The van der Waals surface area contributed by atoms with Crippen LogP contribution in [0.5, 0.6) is 5.75 Å². The van der Waals surface area contributed by atoms with Gasteiger partial charge in [0.05, 0.1) is 24.3 Å². The standard InChI is InChI=1S/C19H20BrN3O2/c1-25-18-9-8-14(11-16(18)20)12-21-22-19(24)13-23-10-4-6-15-5-2-3-7-17(15)23/h2-3,5,7-9,11-12H,4,6,10,13H2,1H3,(H,22,24)/b21-12-. The number of ether oxygens (including phenoxy) is 1. The predicted octanol–water partition coefficient (Wildman–Crippen LogP) is 3.36. The van der Waals surface area contributed by atoms with Gasteiger partial charge in [0.25, 0.3) is 5.91 Å². The van der Waals surface area contributed by atoms with Gasteiger partial charge in [0.15, 0.2) is 0 Å². The normalized spacial score (nSPS) is 13.6. The van der Waals surface area contributed by atoms with Crippen LogP contribution in [0.2, 0.25) is 0 Å². The van der Waals surface area contributed by atoms with E-state index >= 15 is 0 Å². The summed E-state index contributed by atoms with van der Waals surface area (Å²) in [6, 6.07) is 13.8. The molecule has 2 aromatic rings. The van der Waals surface area contributed by atoms with E-state index in [9.17, 15) is 4.79 Å². The third-order valence-corrected chi connectivity index (χ3v) is 4.74. The lowest BCUT2D eigenvalue weighted by Crippen LogP contribution is -2.38. The van der Waals surface area contributed by atoms with Crippen LogP contribution in [0.1, 0.15) is 17.5 Å². The Morgan fingerprint density at radius 3 is 3.00 bits per heavy atom. The number of aryl methyl sites for hydroxylation is 1. The lowest BCUT2D eigenvalue weighted by atomic mass is 10.0. The molecule has 1 N–H and O–H groups in total. The highest BCUT2D eigenvalue weighted by atomic mass is 79.9. The molecule has 0 aliphatic carbocycles. The van der Waals surface area contributed by atoms with Crippen molar-refractivity contribution < 1.29 is 9.53 Å². The van der Waals surface area contributed by atoms with Crippen molar-refractivity contribution in [2.24, 2.45) is 5.10 Å². The number of halogens is 1. The molecule has 0 saturated heterocycles. The second-order valence-corrected chi connectivity index (χ2v) is 6.70. The monoisotopic (exact) mass is 401 g/mol. The predicted molar refractivity (Wildman–Crippen MR) is 103 cm³/mol. The van der Waals surface area contributed by atoms with Gasteiger partial charge in [0.2, 0.25) is 0 Å². The van der Waals surface area contributed by atoms with E-state index in [2.05, 4.69) is 43.5 Å². The summed E-state index contributed by atoms with van der Waals surface area (Å²) >= 11 is 3.43. The second-order valence-electron chi connectivity index (χ2n) is 5.84. The van der Waals surface area contributed by atoms with E-state index in [1.165, 1.54) is 5.56 Å². The van der Waals surface area contributed by atoms with Crippen LogP contribution in [0.3, 0.4) is 0 Å². The molecule has 5 nitrogen and oxygen atoms in total. The van der Waals surface area contributed by atoms with Crippen molar-refractivity contribution in [1.29, 1.82) is 0 Å². The van der Waals surface area contributed by atoms with E-state index in [0.29, 0.717) is 6.54 Å². The Hall–Kier alpha value is -2.34. The largest absolute Gasteiger partial charge is 0.496 e. The lowest BCUT2D eigenvalue weighted by Gasteiger charge is -2.30. The van der Waals surface area contributed by atoms with Gasteiger partial charge < -0.3 is 9.64 Å². The Morgan fingerprint density at radius 2 is 2.20 bits per heavy atom. The number of benzene rings is 2. The molecule has 130 valence electrons. The first kappa shape index (κ1) is 17.5. The minimum Gasteiger partial charge on any atom is -0.496 e. The van der Waals surface area contributed by atoms with Crippen molar-refractivity contribution in [3.05, 3.63) is 58.1 Å². The molecule has 0 spiro atoms. The van der Waals surface area contributed by atoms with Gasteiger partial charge >= 0.3 is 0 Å². The van der Waals surface area contributed by atoms with Crippen LogP contribution < -0.4 is 15.1 Å². The second kappa shape index (κ2) is 8.16. The van der Waals surface area contributed by atoms with Gasteiger partial charge in [0.1, 0.15) is 5.75 Å². The van der Waals surface area contributed by atoms with Gasteiger partial charge in [-0.15, -0.1) is 0 Å². The number of nitrogens with one attached hydrogen (secondary N) is 1. The number of amides is 1. The fraction of sp³-hybridized carbons (Fsp3) is 0.263.